The van der Waals surface area contributed by atoms with Crippen molar-refractivity contribution in [3.05, 3.63) is 69.7 Å². The molecule has 0 aromatic heterocycles. The summed E-state index contributed by atoms with van der Waals surface area (Å²) in [5, 5.41) is 4.75. The van der Waals surface area contributed by atoms with Gasteiger partial charge in [0.2, 0.25) is 0 Å². The van der Waals surface area contributed by atoms with Crippen LogP contribution in [-0.4, -0.2) is 11.6 Å². The summed E-state index contributed by atoms with van der Waals surface area (Å²) in [4.78, 5) is 12.0. The van der Waals surface area contributed by atoms with Crippen molar-refractivity contribution in [1.29, 1.82) is 0 Å². The van der Waals surface area contributed by atoms with Crippen LogP contribution in [0.2, 0.25) is 5.02 Å². The summed E-state index contributed by atoms with van der Waals surface area (Å²) in [7, 11) is 0. The van der Waals surface area contributed by atoms with Crippen LogP contribution in [0.4, 0.5) is 0 Å². The maximum atomic E-state index is 12.0. The third kappa shape index (κ3) is 3.92. The van der Waals surface area contributed by atoms with Gasteiger partial charge in [0, 0.05) is 10.6 Å². The molecule has 0 spiro atoms. The number of nitrogens with zero attached hydrogens (tertiary/aromatic N) is 1. The quantitative estimate of drug-likeness (QED) is 0.672. The number of hydrazone groups is 1. The molecule has 0 saturated heterocycles. The van der Waals surface area contributed by atoms with E-state index in [0.29, 0.717) is 10.6 Å². The Kier molecular flexibility index (Phi) is 4.76. The van der Waals surface area contributed by atoms with E-state index in [2.05, 4.69) is 30.4 Å². The number of aryl methyl sites for hydroxylation is 2. The highest BCUT2D eigenvalue weighted by Crippen LogP contribution is 2.11. The standard InChI is InChI=1S/C17H17ClN2O/c1-11-4-5-15(10-12(11)2)13(3)19-20-17(21)14-6-8-16(18)9-7-14/h4-10H,1-3H3,(H,20,21)/b19-13-. The topological polar surface area (TPSA) is 41.5 Å². The molecule has 2 aromatic rings. The third-order valence-electron chi connectivity index (χ3n) is 3.36. The summed E-state index contributed by atoms with van der Waals surface area (Å²) in [5.74, 6) is -0.255. The largest absolute Gasteiger partial charge is 0.271 e. The van der Waals surface area contributed by atoms with E-state index >= 15 is 0 Å². The molecule has 0 atom stereocenters. The Hall–Kier alpha value is -2.13. The number of hydrogen-bond donors (Lipinski definition) is 1. The van der Waals surface area contributed by atoms with E-state index in [-0.39, 0.29) is 5.91 Å². The van der Waals surface area contributed by atoms with Gasteiger partial charge in [-0.1, -0.05) is 23.7 Å². The van der Waals surface area contributed by atoms with Crippen LogP contribution in [0.3, 0.4) is 0 Å². The minimum Gasteiger partial charge on any atom is -0.267 e. The van der Waals surface area contributed by atoms with Gasteiger partial charge in [0.1, 0.15) is 0 Å². The first-order valence-electron chi connectivity index (χ1n) is 6.65. The fraction of sp³-hybridized carbons (Fsp3) is 0.176. The van der Waals surface area contributed by atoms with Gasteiger partial charge >= 0.3 is 0 Å². The molecule has 0 aliphatic rings. The van der Waals surface area contributed by atoms with Gasteiger partial charge in [0.15, 0.2) is 0 Å². The summed E-state index contributed by atoms with van der Waals surface area (Å²) >= 11 is 5.79. The zero-order valence-corrected chi connectivity index (χ0v) is 13.0. The predicted octanol–water partition coefficient (Wildman–Crippen LogP) is 4.11. The molecule has 0 aliphatic heterocycles. The van der Waals surface area contributed by atoms with Crippen LogP contribution in [0.1, 0.15) is 34.0 Å². The van der Waals surface area contributed by atoms with Gasteiger partial charge in [0.05, 0.1) is 5.71 Å². The maximum absolute atomic E-state index is 12.0. The van der Waals surface area contributed by atoms with Crippen LogP contribution >= 0.6 is 11.6 Å². The molecule has 3 nitrogen and oxygen atoms in total. The van der Waals surface area contributed by atoms with Crippen LogP contribution in [0.15, 0.2) is 47.6 Å². The molecule has 0 radical (unpaired) electrons. The molecule has 0 unspecified atom stereocenters. The highest BCUT2D eigenvalue weighted by molar-refractivity contribution is 6.30. The molecule has 21 heavy (non-hydrogen) atoms. The first-order valence-corrected chi connectivity index (χ1v) is 7.03. The third-order valence-corrected chi connectivity index (χ3v) is 3.61. The Morgan fingerprint density at radius 1 is 1.00 bits per heavy atom. The number of amides is 1. The van der Waals surface area contributed by atoms with Crippen molar-refractivity contribution in [3.63, 3.8) is 0 Å². The van der Waals surface area contributed by atoms with Crippen molar-refractivity contribution in [2.75, 3.05) is 0 Å². The van der Waals surface area contributed by atoms with Gasteiger partial charge in [-0.2, -0.15) is 5.10 Å². The van der Waals surface area contributed by atoms with E-state index in [1.807, 2.05) is 19.1 Å². The molecule has 0 saturated carbocycles. The van der Waals surface area contributed by atoms with Crippen LogP contribution in [0.25, 0.3) is 0 Å². The average molecular weight is 301 g/mol. The van der Waals surface area contributed by atoms with Gasteiger partial charge in [-0.15, -0.1) is 0 Å². The van der Waals surface area contributed by atoms with E-state index in [1.54, 1.807) is 24.3 Å². The van der Waals surface area contributed by atoms with E-state index < -0.39 is 0 Å². The lowest BCUT2D eigenvalue weighted by molar-refractivity contribution is 0.0955. The predicted molar refractivity (Wildman–Crippen MR) is 87.0 cm³/mol. The van der Waals surface area contributed by atoms with Crippen LogP contribution in [-0.2, 0) is 0 Å². The molecule has 1 amide bonds. The first-order chi connectivity index (χ1) is 9.97. The molecule has 4 heteroatoms. The molecule has 108 valence electrons. The van der Waals surface area contributed by atoms with Crippen LogP contribution in [0.5, 0.6) is 0 Å². The van der Waals surface area contributed by atoms with Crippen LogP contribution < -0.4 is 5.43 Å². The first kappa shape index (κ1) is 15.3. The molecule has 2 aromatic carbocycles. The molecule has 0 fully saturated rings. The lowest BCUT2D eigenvalue weighted by Gasteiger charge is -2.06. The summed E-state index contributed by atoms with van der Waals surface area (Å²) in [6, 6.07) is 12.8. The molecule has 0 aliphatic carbocycles. The van der Waals surface area contributed by atoms with Crippen molar-refractivity contribution in [3.8, 4) is 0 Å². The normalized spacial score (nSPS) is 11.3. The molecule has 0 bridgehead atoms. The minimum absolute atomic E-state index is 0.255. The second kappa shape index (κ2) is 6.55. The van der Waals surface area contributed by atoms with E-state index in [4.69, 9.17) is 11.6 Å². The number of hydrogen-bond acceptors (Lipinski definition) is 2. The number of carbonyl (C=O) groups excluding carboxylic acids is 1. The summed E-state index contributed by atoms with van der Waals surface area (Å²) in [6.07, 6.45) is 0. The number of rotatable bonds is 3. The van der Waals surface area contributed by atoms with Crippen molar-refractivity contribution in [2.24, 2.45) is 5.10 Å². The fourth-order valence-corrected chi connectivity index (χ4v) is 1.96. The molecular formula is C17H17ClN2O. The van der Waals surface area contributed by atoms with Crippen molar-refractivity contribution < 1.29 is 4.79 Å². The van der Waals surface area contributed by atoms with Crippen molar-refractivity contribution >= 4 is 23.2 Å². The molecule has 1 N–H and O–H groups in total. The highest BCUT2D eigenvalue weighted by Gasteiger charge is 2.05. The van der Waals surface area contributed by atoms with Gasteiger partial charge in [-0.25, -0.2) is 5.43 Å². The SMILES string of the molecule is C/C(=N/NC(=O)c1ccc(Cl)cc1)c1ccc(C)c(C)c1. The molecule has 0 heterocycles. The lowest BCUT2D eigenvalue weighted by Crippen LogP contribution is -2.19. The van der Waals surface area contributed by atoms with Gasteiger partial charge in [-0.05, 0) is 67.8 Å². The van der Waals surface area contributed by atoms with E-state index in [0.717, 1.165) is 11.3 Å². The van der Waals surface area contributed by atoms with Crippen LogP contribution in [0, 0.1) is 13.8 Å². The van der Waals surface area contributed by atoms with Crippen molar-refractivity contribution in [2.45, 2.75) is 20.8 Å². The Bertz CT molecular complexity index is 690. The Balaban J connectivity index is 2.10. The maximum Gasteiger partial charge on any atom is 0.271 e. The minimum atomic E-state index is -0.255. The Labute approximate surface area is 129 Å². The number of halogens is 1. The average Bonchev–Trinajstić information content (AvgIpc) is 2.48. The van der Waals surface area contributed by atoms with Gasteiger partial charge in [0.25, 0.3) is 5.91 Å². The molecular weight excluding hydrogens is 284 g/mol. The smallest absolute Gasteiger partial charge is 0.267 e. The summed E-state index contributed by atoms with van der Waals surface area (Å²) in [5.41, 5.74) is 7.27. The number of carbonyl (C=O) groups is 1. The molecule has 2 rings (SSSR count). The zero-order chi connectivity index (χ0) is 15.4. The summed E-state index contributed by atoms with van der Waals surface area (Å²) < 4.78 is 0. The van der Waals surface area contributed by atoms with Gasteiger partial charge in [-0.3, -0.25) is 4.79 Å². The second-order valence-corrected chi connectivity index (χ2v) is 5.38. The van der Waals surface area contributed by atoms with Gasteiger partial charge < -0.3 is 0 Å². The zero-order valence-electron chi connectivity index (χ0n) is 12.3. The van der Waals surface area contributed by atoms with E-state index in [9.17, 15) is 4.79 Å². The monoisotopic (exact) mass is 300 g/mol. The summed E-state index contributed by atoms with van der Waals surface area (Å²) in [6.45, 7) is 5.98. The number of benzene rings is 2. The highest BCUT2D eigenvalue weighted by atomic mass is 35.5. The van der Waals surface area contributed by atoms with Crippen molar-refractivity contribution in [1.82, 2.24) is 5.43 Å². The van der Waals surface area contributed by atoms with E-state index in [1.165, 1.54) is 11.1 Å². The number of nitrogens with one attached hydrogen (secondary N) is 1. The fourth-order valence-electron chi connectivity index (χ4n) is 1.83. The Morgan fingerprint density at radius 3 is 2.24 bits per heavy atom. The lowest BCUT2D eigenvalue weighted by atomic mass is 10.0. The second-order valence-electron chi connectivity index (χ2n) is 4.94. The Morgan fingerprint density at radius 2 is 1.62 bits per heavy atom.